The summed E-state index contributed by atoms with van der Waals surface area (Å²) in [4.78, 5) is 24.7. The summed E-state index contributed by atoms with van der Waals surface area (Å²) in [5.74, 6) is 1.08. The van der Waals surface area contributed by atoms with Gasteiger partial charge in [0.05, 0.1) is 0 Å². The Hall–Kier alpha value is -2.28. The summed E-state index contributed by atoms with van der Waals surface area (Å²) in [6.45, 7) is 3.43. The maximum absolute atomic E-state index is 12.2. The second-order valence-corrected chi connectivity index (χ2v) is 5.41. The molecule has 0 aromatic carbocycles. The minimum atomic E-state index is 0.144. The molecule has 7 heteroatoms. The average molecular weight is 301 g/mol. The van der Waals surface area contributed by atoms with Crippen molar-refractivity contribution < 1.29 is 9.32 Å². The predicted octanol–water partition coefficient (Wildman–Crippen LogP) is 0.838. The highest BCUT2D eigenvalue weighted by Crippen LogP contribution is 2.13. The molecular formula is C15H19N5O2. The summed E-state index contributed by atoms with van der Waals surface area (Å²) >= 11 is 0. The lowest BCUT2D eigenvalue weighted by Crippen LogP contribution is -2.47. The van der Waals surface area contributed by atoms with E-state index in [9.17, 15) is 4.79 Å². The van der Waals surface area contributed by atoms with Crippen molar-refractivity contribution in [3.63, 3.8) is 0 Å². The summed E-state index contributed by atoms with van der Waals surface area (Å²) < 4.78 is 5.19. The third kappa shape index (κ3) is 3.48. The maximum atomic E-state index is 12.2. The number of amides is 1. The van der Waals surface area contributed by atoms with Gasteiger partial charge < -0.3 is 14.3 Å². The number of hydrogen-bond donors (Lipinski definition) is 0. The third-order valence-electron chi connectivity index (χ3n) is 3.77. The smallest absolute Gasteiger partial charge is 0.227 e. The van der Waals surface area contributed by atoms with E-state index in [2.05, 4.69) is 27.1 Å². The number of carbonyl (C=O) groups is 1. The lowest BCUT2D eigenvalue weighted by molar-refractivity contribution is -0.132. The first-order valence-electron chi connectivity index (χ1n) is 7.42. The molecule has 0 unspecified atom stereocenters. The molecule has 7 nitrogen and oxygen atoms in total. The Morgan fingerprint density at radius 1 is 1.27 bits per heavy atom. The Kier molecular flexibility index (Phi) is 4.43. The summed E-state index contributed by atoms with van der Waals surface area (Å²) in [5, 5.41) is 3.91. The van der Waals surface area contributed by atoms with Crippen LogP contribution in [0.1, 0.15) is 12.3 Å². The number of piperazine rings is 1. The van der Waals surface area contributed by atoms with E-state index >= 15 is 0 Å². The van der Waals surface area contributed by atoms with E-state index in [-0.39, 0.29) is 5.91 Å². The molecule has 2 aromatic heterocycles. The molecule has 0 bridgehead atoms. The van der Waals surface area contributed by atoms with Gasteiger partial charge >= 0.3 is 0 Å². The average Bonchev–Trinajstić information content (AvgIpc) is 3.03. The molecule has 3 heterocycles. The zero-order valence-electron chi connectivity index (χ0n) is 12.6. The van der Waals surface area contributed by atoms with Gasteiger partial charge in [0, 0.05) is 45.2 Å². The van der Waals surface area contributed by atoms with E-state index in [1.54, 1.807) is 6.20 Å². The second kappa shape index (κ2) is 6.65. The standard InChI is InChI=1S/C15H19N5O2/c1-19-8-10-20(11-9-19)14(21)6-5-13-17-15(18-22-13)12-4-2-3-7-16-12/h2-4,7H,5-6,8-11H2,1H3. The quantitative estimate of drug-likeness (QED) is 0.833. The molecule has 1 saturated heterocycles. The van der Waals surface area contributed by atoms with Crippen LogP contribution >= 0.6 is 0 Å². The van der Waals surface area contributed by atoms with E-state index < -0.39 is 0 Å². The van der Waals surface area contributed by atoms with Crippen molar-refractivity contribution in [3.05, 3.63) is 30.3 Å². The van der Waals surface area contributed by atoms with E-state index in [1.165, 1.54) is 0 Å². The number of nitrogens with zero attached hydrogens (tertiary/aromatic N) is 5. The maximum Gasteiger partial charge on any atom is 0.227 e. The van der Waals surface area contributed by atoms with Crippen molar-refractivity contribution in [1.82, 2.24) is 24.9 Å². The van der Waals surface area contributed by atoms with Crippen LogP contribution in [-0.4, -0.2) is 64.1 Å². The van der Waals surface area contributed by atoms with Gasteiger partial charge in [-0.2, -0.15) is 4.98 Å². The highest BCUT2D eigenvalue weighted by atomic mass is 16.5. The van der Waals surface area contributed by atoms with Crippen LogP contribution < -0.4 is 0 Å². The van der Waals surface area contributed by atoms with E-state index in [0.717, 1.165) is 26.2 Å². The summed E-state index contributed by atoms with van der Waals surface area (Å²) in [7, 11) is 2.07. The Balaban J connectivity index is 1.54. The largest absolute Gasteiger partial charge is 0.340 e. The molecular weight excluding hydrogens is 282 g/mol. The molecule has 0 spiro atoms. The molecule has 1 fully saturated rings. The van der Waals surface area contributed by atoms with Gasteiger partial charge in [-0.1, -0.05) is 11.2 Å². The number of carbonyl (C=O) groups excluding carboxylic acids is 1. The molecule has 0 atom stereocenters. The van der Waals surface area contributed by atoms with Gasteiger partial charge in [-0.05, 0) is 19.2 Å². The second-order valence-electron chi connectivity index (χ2n) is 5.41. The molecule has 0 saturated carbocycles. The van der Waals surface area contributed by atoms with Crippen molar-refractivity contribution in [2.45, 2.75) is 12.8 Å². The Labute approximate surface area is 128 Å². The summed E-state index contributed by atoms with van der Waals surface area (Å²) in [6.07, 6.45) is 2.54. The monoisotopic (exact) mass is 301 g/mol. The molecule has 116 valence electrons. The van der Waals surface area contributed by atoms with Gasteiger partial charge in [0.2, 0.25) is 17.6 Å². The number of rotatable bonds is 4. The molecule has 0 aliphatic carbocycles. The zero-order chi connectivity index (χ0) is 15.4. The highest BCUT2D eigenvalue weighted by molar-refractivity contribution is 5.76. The van der Waals surface area contributed by atoms with Gasteiger partial charge in [0.15, 0.2) is 0 Å². The fourth-order valence-electron chi connectivity index (χ4n) is 2.38. The molecule has 3 rings (SSSR count). The van der Waals surface area contributed by atoms with Crippen LogP contribution in [0.15, 0.2) is 28.9 Å². The van der Waals surface area contributed by atoms with Crippen molar-refractivity contribution in [1.29, 1.82) is 0 Å². The number of likely N-dealkylation sites (N-methyl/N-ethyl adjacent to an activating group) is 1. The topological polar surface area (TPSA) is 75.4 Å². The van der Waals surface area contributed by atoms with Crippen LogP contribution in [0.25, 0.3) is 11.5 Å². The van der Waals surface area contributed by atoms with Crippen molar-refractivity contribution in [2.75, 3.05) is 33.2 Å². The first-order valence-corrected chi connectivity index (χ1v) is 7.42. The number of hydrogen-bond acceptors (Lipinski definition) is 6. The van der Waals surface area contributed by atoms with Crippen molar-refractivity contribution in [2.24, 2.45) is 0 Å². The fraction of sp³-hybridized carbons (Fsp3) is 0.467. The van der Waals surface area contributed by atoms with Crippen LogP contribution in [0.4, 0.5) is 0 Å². The molecule has 0 radical (unpaired) electrons. The lowest BCUT2D eigenvalue weighted by Gasteiger charge is -2.32. The minimum Gasteiger partial charge on any atom is -0.340 e. The normalized spacial score (nSPS) is 16.0. The molecule has 22 heavy (non-hydrogen) atoms. The van der Waals surface area contributed by atoms with Crippen LogP contribution in [0.5, 0.6) is 0 Å². The summed E-state index contributed by atoms with van der Waals surface area (Å²) in [5.41, 5.74) is 0.669. The van der Waals surface area contributed by atoms with Gasteiger partial charge in [0.25, 0.3) is 0 Å². The number of pyridine rings is 1. The molecule has 1 amide bonds. The molecule has 1 aliphatic heterocycles. The first kappa shape index (κ1) is 14.6. The van der Waals surface area contributed by atoms with Crippen LogP contribution in [0, 0.1) is 0 Å². The molecule has 0 N–H and O–H groups in total. The Morgan fingerprint density at radius 2 is 2.09 bits per heavy atom. The van der Waals surface area contributed by atoms with Crippen molar-refractivity contribution in [3.8, 4) is 11.5 Å². The number of aromatic nitrogens is 3. The van der Waals surface area contributed by atoms with Gasteiger partial charge in [-0.15, -0.1) is 0 Å². The molecule has 1 aliphatic rings. The Bertz CT molecular complexity index is 620. The fourth-order valence-corrected chi connectivity index (χ4v) is 2.38. The zero-order valence-corrected chi connectivity index (χ0v) is 12.6. The van der Waals surface area contributed by atoms with E-state index in [4.69, 9.17) is 4.52 Å². The third-order valence-corrected chi connectivity index (χ3v) is 3.77. The van der Waals surface area contributed by atoms with E-state index in [0.29, 0.717) is 30.3 Å². The van der Waals surface area contributed by atoms with E-state index in [1.807, 2.05) is 23.1 Å². The van der Waals surface area contributed by atoms with Crippen LogP contribution in [0.3, 0.4) is 0 Å². The minimum absolute atomic E-state index is 0.144. The number of aryl methyl sites for hydroxylation is 1. The predicted molar refractivity (Wildman–Crippen MR) is 79.9 cm³/mol. The van der Waals surface area contributed by atoms with Gasteiger partial charge in [-0.3, -0.25) is 9.78 Å². The highest BCUT2D eigenvalue weighted by Gasteiger charge is 2.19. The van der Waals surface area contributed by atoms with Crippen LogP contribution in [-0.2, 0) is 11.2 Å². The SMILES string of the molecule is CN1CCN(C(=O)CCc2nc(-c3ccccn3)no2)CC1. The first-order chi connectivity index (χ1) is 10.7. The Morgan fingerprint density at radius 3 is 2.82 bits per heavy atom. The summed E-state index contributed by atoms with van der Waals surface area (Å²) in [6, 6.07) is 5.53. The van der Waals surface area contributed by atoms with Crippen molar-refractivity contribution >= 4 is 5.91 Å². The van der Waals surface area contributed by atoms with Crippen LogP contribution in [0.2, 0.25) is 0 Å². The van der Waals surface area contributed by atoms with Gasteiger partial charge in [0.1, 0.15) is 5.69 Å². The van der Waals surface area contributed by atoms with Gasteiger partial charge in [-0.25, -0.2) is 0 Å². The molecule has 2 aromatic rings. The lowest BCUT2D eigenvalue weighted by atomic mass is 10.2.